The van der Waals surface area contributed by atoms with Crippen molar-refractivity contribution >= 4 is 27.5 Å². The van der Waals surface area contributed by atoms with Crippen molar-refractivity contribution < 1.29 is 14.3 Å². The number of ether oxygens (including phenoxy) is 2. The third-order valence-corrected chi connectivity index (χ3v) is 4.66. The number of benzene rings is 1. The molecule has 21 heavy (non-hydrogen) atoms. The van der Waals surface area contributed by atoms with E-state index in [4.69, 9.17) is 9.47 Å². The fourth-order valence-corrected chi connectivity index (χ4v) is 3.45. The van der Waals surface area contributed by atoms with Gasteiger partial charge in [0.1, 0.15) is 6.61 Å². The van der Waals surface area contributed by atoms with E-state index in [2.05, 4.69) is 11.1 Å². The topological polar surface area (TPSA) is 48.4 Å². The standard InChI is InChI=1S/C16H19NO3S/c18-16(20-11-12-5-4-10-19-12)9-3-8-15-17-13-6-1-2-7-14(13)21-15/h1-2,6-7,12H,3-5,8-11H2. The molecule has 0 N–H and O–H groups in total. The summed E-state index contributed by atoms with van der Waals surface area (Å²) >= 11 is 1.70. The molecular weight excluding hydrogens is 286 g/mol. The maximum atomic E-state index is 11.7. The number of aryl methyl sites for hydroxylation is 1. The molecule has 3 rings (SSSR count). The van der Waals surface area contributed by atoms with E-state index in [0.29, 0.717) is 13.0 Å². The number of aromatic nitrogens is 1. The second-order valence-electron chi connectivity index (χ2n) is 5.25. The van der Waals surface area contributed by atoms with Gasteiger partial charge in [-0.3, -0.25) is 4.79 Å². The smallest absolute Gasteiger partial charge is 0.305 e. The van der Waals surface area contributed by atoms with Gasteiger partial charge in [0, 0.05) is 13.0 Å². The second-order valence-corrected chi connectivity index (χ2v) is 6.36. The Kier molecular flexibility index (Phi) is 4.83. The van der Waals surface area contributed by atoms with Gasteiger partial charge in [-0.15, -0.1) is 11.3 Å². The number of carbonyl (C=O) groups is 1. The van der Waals surface area contributed by atoms with Gasteiger partial charge in [0.25, 0.3) is 0 Å². The Morgan fingerprint density at radius 1 is 1.43 bits per heavy atom. The first-order valence-electron chi connectivity index (χ1n) is 7.43. The highest BCUT2D eigenvalue weighted by Gasteiger charge is 2.17. The van der Waals surface area contributed by atoms with Crippen LogP contribution in [-0.2, 0) is 20.7 Å². The number of rotatable bonds is 6. The van der Waals surface area contributed by atoms with Gasteiger partial charge < -0.3 is 9.47 Å². The number of nitrogens with zero attached hydrogens (tertiary/aromatic N) is 1. The van der Waals surface area contributed by atoms with Crippen LogP contribution in [0.2, 0.25) is 0 Å². The van der Waals surface area contributed by atoms with Crippen molar-refractivity contribution in [2.24, 2.45) is 0 Å². The van der Waals surface area contributed by atoms with Crippen LogP contribution in [0.1, 0.15) is 30.7 Å². The van der Waals surface area contributed by atoms with Crippen molar-refractivity contribution in [3.05, 3.63) is 29.3 Å². The molecule has 1 aliphatic heterocycles. The summed E-state index contributed by atoms with van der Waals surface area (Å²) in [5, 5.41) is 1.09. The minimum Gasteiger partial charge on any atom is -0.463 e. The summed E-state index contributed by atoms with van der Waals surface area (Å²) in [4.78, 5) is 16.2. The van der Waals surface area contributed by atoms with Crippen LogP contribution in [0.15, 0.2) is 24.3 Å². The molecule has 0 saturated carbocycles. The lowest BCUT2D eigenvalue weighted by atomic mass is 10.2. The maximum Gasteiger partial charge on any atom is 0.305 e. The summed E-state index contributed by atoms with van der Waals surface area (Å²) in [5.74, 6) is -0.133. The van der Waals surface area contributed by atoms with E-state index in [1.54, 1.807) is 11.3 Å². The fourth-order valence-electron chi connectivity index (χ4n) is 2.44. The van der Waals surface area contributed by atoms with Crippen LogP contribution in [-0.4, -0.2) is 30.3 Å². The molecule has 1 aromatic heterocycles. The van der Waals surface area contributed by atoms with Gasteiger partial charge in [0.2, 0.25) is 0 Å². The molecule has 2 aromatic rings. The van der Waals surface area contributed by atoms with Crippen molar-refractivity contribution in [3.63, 3.8) is 0 Å². The highest BCUT2D eigenvalue weighted by Crippen LogP contribution is 2.22. The van der Waals surface area contributed by atoms with E-state index in [0.717, 1.165) is 42.8 Å². The average Bonchev–Trinajstić information content (AvgIpc) is 3.14. The molecule has 1 aliphatic rings. The quantitative estimate of drug-likeness (QED) is 0.768. The molecule has 0 spiro atoms. The van der Waals surface area contributed by atoms with Crippen LogP contribution in [0, 0.1) is 0 Å². The predicted molar refractivity (Wildman–Crippen MR) is 82.5 cm³/mol. The number of para-hydroxylation sites is 1. The molecule has 1 saturated heterocycles. The summed E-state index contributed by atoms with van der Waals surface area (Å²) in [7, 11) is 0. The Labute approximate surface area is 128 Å². The largest absolute Gasteiger partial charge is 0.463 e. The zero-order chi connectivity index (χ0) is 14.5. The molecule has 112 valence electrons. The monoisotopic (exact) mass is 305 g/mol. The van der Waals surface area contributed by atoms with E-state index >= 15 is 0 Å². The molecule has 5 heteroatoms. The average molecular weight is 305 g/mol. The van der Waals surface area contributed by atoms with Gasteiger partial charge in [-0.25, -0.2) is 4.98 Å². The van der Waals surface area contributed by atoms with Gasteiger partial charge in [-0.1, -0.05) is 12.1 Å². The van der Waals surface area contributed by atoms with Crippen LogP contribution in [0.3, 0.4) is 0 Å². The number of hydrogen-bond donors (Lipinski definition) is 0. The summed E-state index contributed by atoms with van der Waals surface area (Å²) < 4.78 is 11.9. The molecule has 0 bridgehead atoms. The summed E-state index contributed by atoms with van der Waals surface area (Å²) in [6, 6.07) is 8.11. The normalized spacial score (nSPS) is 18.2. The predicted octanol–water partition coefficient (Wildman–Crippen LogP) is 3.34. The summed E-state index contributed by atoms with van der Waals surface area (Å²) in [6.07, 6.45) is 4.23. The minimum absolute atomic E-state index is 0.109. The molecule has 0 aliphatic carbocycles. The molecule has 0 amide bonds. The number of hydrogen-bond acceptors (Lipinski definition) is 5. The lowest BCUT2D eigenvalue weighted by Crippen LogP contribution is -2.17. The van der Waals surface area contributed by atoms with Gasteiger partial charge >= 0.3 is 5.97 Å². The Bertz CT molecular complexity index is 571. The third kappa shape index (κ3) is 4.02. The van der Waals surface area contributed by atoms with Crippen molar-refractivity contribution in [2.45, 2.75) is 38.2 Å². The zero-order valence-corrected chi connectivity index (χ0v) is 12.7. The van der Waals surface area contributed by atoms with Crippen LogP contribution < -0.4 is 0 Å². The zero-order valence-electron chi connectivity index (χ0n) is 11.9. The van der Waals surface area contributed by atoms with Gasteiger partial charge in [-0.05, 0) is 37.8 Å². The van der Waals surface area contributed by atoms with Crippen LogP contribution >= 0.6 is 11.3 Å². The number of carbonyl (C=O) groups excluding carboxylic acids is 1. The lowest BCUT2D eigenvalue weighted by Gasteiger charge is -2.09. The van der Waals surface area contributed by atoms with Crippen LogP contribution in [0.25, 0.3) is 10.2 Å². The first-order chi connectivity index (χ1) is 10.3. The molecule has 0 radical (unpaired) electrons. The third-order valence-electron chi connectivity index (χ3n) is 3.56. The van der Waals surface area contributed by atoms with Crippen molar-refractivity contribution in [1.82, 2.24) is 4.98 Å². The SMILES string of the molecule is O=C(CCCc1nc2ccccc2s1)OCC1CCCO1. The van der Waals surface area contributed by atoms with Crippen LogP contribution in [0.4, 0.5) is 0 Å². The molecule has 1 unspecified atom stereocenters. The van der Waals surface area contributed by atoms with Crippen LogP contribution in [0.5, 0.6) is 0 Å². The van der Waals surface area contributed by atoms with Crippen molar-refractivity contribution in [2.75, 3.05) is 13.2 Å². The Hall–Kier alpha value is -1.46. The van der Waals surface area contributed by atoms with Crippen molar-refractivity contribution in [3.8, 4) is 0 Å². The number of esters is 1. The van der Waals surface area contributed by atoms with Gasteiger partial charge in [0.15, 0.2) is 0 Å². The van der Waals surface area contributed by atoms with E-state index in [1.165, 1.54) is 4.70 Å². The first-order valence-corrected chi connectivity index (χ1v) is 8.24. The number of fused-ring (bicyclic) bond motifs is 1. The summed E-state index contributed by atoms with van der Waals surface area (Å²) in [6.45, 7) is 1.19. The van der Waals surface area contributed by atoms with E-state index < -0.39 is 0 Å². The number of thiazole rings is 1. The van der Waals surface area contributed by atoms with Crippen molar-refractivity contribution in [1.29, 1.82) is 0 Å². The lowest BCUT2D eigenvalue weighted by molar-refractivity contribution is -0.146. The fraction of sp³-hybridized carbons (Fsp3) is 0.500. The maximum absolute atomic E-state index is 11.7. The van der Waals surface area contributed by atoms with E-state index in [9.17, 15) is 4.79 Å². The highest BCUT2D eigenvalue weighted by molar-refractivity contribution is 7.18. The first kappa shape index (κ1) is 14.5. The highest BCUT2D eigenvalue weighted by atomic mass is 32.1. The Morgan fingerprint density at radius 3 is 3.14 bits per heavy atom. The molecular formula is C16H19NO3S. The Balaban J connectivity index is 1.39. The molecule has 2 heterocycles. The van der Waals surface area contributed by atoms with Gasteiger partial charge in [0.05, 0.1) is 21.3 Å². The van der Waals surface area contributed by atoms with E-state index in [-0.39, 0.29) is 12.1 Å². The Morgan fingerprint density at radius 2 is 2.33 bits per heavy atom. The van der Waals surface area contributed by atoms with E-state index in [1.807, 2.05) is 18.2 Å². The second kappa shape index (κ2) is 7.00. The summed E-state index contributed by atoms with van der Waals surface area (Å²) in [5.41, 5.74) is 1.04. The molecule has 4 nitrogen and oxygen atoms in total. The molecule has 1 aromatic carbocycles. The van der Waals surface area contributed by atoms with Gasteiger partial charge in [-0.2, -0.15) is 0 Å². The molecule has 1 atom stereocenters. The minimum atomic E-state index is -0.133. The molecule has 1 fully saturated rings.